The van der Waals surface area contributed by atoms with Gasteiger partial charge in [-0.25, -0.2) is 0 Å². The van der Waals surface area contributed by atoms with Crippen LogP contribution in [-0.2, 0) is 0 Å². The zero-order valence-corrected chi connectivity index (χ0v) is 10.8. The van der Waals surface area contributed by atoms with Crippen LogP contribution < -0.4 is 4.90 Å². The van der Waals surface area contributed by atoms with Crippen LogP contribution in [-0.4, -0.2) is 23.2 Å². The summed E-state index contributed by atoms with van der Waals surface area (Å²) in [6.45, 7) is 6.31. The van der Waals surface area contributed by atoms with E-state index >= 15 is 0 Å². The highest BCUT2D eigenvalue weighted by Crippen LogP contribution is 2.31. The number of aromatic nitrogens is 1. The van der Waals surface area contributed by atoms with Gasteiger partial charge in [-0.05, 0) is 44.2 Å². The molecule has 0 aliphatic heterocycles. The van der Waals surface area contributed by atoms with E-state index < -0.39 is 6.10 Å². The van der Waals surface area contributed by atoms with Crippen molar-refractivity contribution in [2.45, 2.75) is 39.2 Å². The van der Waals surface area contributed by atoms with Crippen molar-refractivity contribution >= 4 is 5.69 Å². The van der Waals surface area contributed by atoms with Crippen LogP contribution in [0.4, 0.5) is 5.69 Å². The summed E-state index contributed by atoms with van der Waals surface area (Å²) in [6.07, 6.45) is 4.92. The van der Waals surface area contributed by atoms with Gasteiger partial charge in [-0.2, -0.15) is 0 Å². The van der Waals surface area contributed by atoms with Gasteiger partial charge in [-0.1, -0.05) is 6.92 Å². The molecule has 0 aromatic carbocycles. The summed E-state index contributed by atoms with van der Waals surface area (Å²) in [5, 5.41) is 9.70. The van der Waals surface area contributed by atoms with E-state index in [2.05, 4.69) is 22.9 Å². The molecule has 2 rings (SSSR count). The Morgan fingerprint density at radius 1 is 1.41 bits per heavy atom. The van der Waals surface area contributed by atoms with Crippen molar-refractivity contribution in [3.63, 3.8) is 0 Å². The molecule has 0 radical (unpaired) electrons. The van der Waals surface area contributed by atoms with E-state index in [1.54, 1.807) is 0 Å². The molecule has 1 saturated carbocycles. The number of hydrogen-bond acceptors (Lipinski definition) is 3. The number of rotatable bonds is 6. The van der Waals surface area contributed by atoms with Crippen LogP contribution in [0.2, 0.25) is 0 Å². The van der Waals surface area contributed by atoms with Crippen molar-refractivity contribution < 1.29 is 5.11 Å². The zero-order valence-electron chi connectivity index (χ0n) is 10.8. The maximum atomic E-state index is 9.70. The van der Waals surface area contributed by atoms with Crippen molar-refractivity contribution in [3.8, 4) is 0 Å². The third kappa shape index (κ3) is 3.19. The zero-order chi connectivity index (χ0) is 12.3. The van der Waals surface area contributed by atoms with E-state index in [1.807, 2.05) is 19.2 Å². The SMILES string of the molecule is CC[C@@H](O)c1ccc(N(CC)CC2CC2)cn1. The number of anilines is 1. The molecule has 0 bridgehead atoms. The molecule has 1 fully saturated rings. The fourth-order valence-corrected chi connectivity index (χ4v) is 2.02. The minimum atomic E-state index is -0.428. The highest BCUT2D eigenvalue weighted by molar-refractivity contribution is 5.44. The van der Waals surface area contributed by atoms with Crippen molar-refractivity contribution in [1.82, 2.24) is 4.98 Å². The second-order valence-corrected chi connectivity index (χ2v) is 4.85. The van der Waals surface area contributed by atoms with Gasteiger partial charge in [0, 0.05) is 13.1 Å². The Kier molecular flexibility index (Phi) is 4.00. The molecule has 0 amide bonds. The first-order valence-corrected chi connectivity index (χ1v) is 6.63. The van der Waals surface area contributed by atoms with Crippen LogP contribution in [0.1, 0.15) is 44.9 Å². The van der Waals surface area contributed by atoms with E-state index in [1.165, 1.54) is 18.5 Å². The lowest BCUT2D eigenvalue weighted by Gasteiger charge is -2.23. The normalized spacial score (nSPS) is 16.9. The van der Waals surface area contributed by atoms with Gasteiger partial charge in [0.25, 0.3) is 0 Å². The van der Waals surface area contributed by atoms with Crippen LogP contribution in [0, 0.1) is 5.92 Å². The predicted molar refractivity (Wildman–Crippen MR) is 70.1 cm³/mol. The molecule has 1 heterocycles. The average molecular weight is 234 g/mol. The number of aliphatic hydroxyl groups excluding tert-OH is 1. The second-order valence-electron chi connectivity index (χ2n) is 4.85. The summed E-state index contributed by atoms with van der Waals surface area (Å²) >= 11 is 0. The van der Waals surface area contributed by atoms with Gasteiger partial charge >= 0.3 is 0 Å². The van der Waals surface area contributed by atoms with Gasteiger partial charge in [-0.15, -0.1) is 0 Å². The predicted octanol–water partition coefficient (Wildman–Crippen LogP) is 2.76. The Morgan fingerprint density at radius 3 is 2.65 bits per heavy atom. The molecule has 3 nitrogen and oxygen atoms in total. The number of nitrogens with zero attached hydrogens (tertiary/aromatic N) is 2. The summed E-state index contributed by atoms with van der Waals surface area (Å²) in [6, 6.07) is 4.02. The van der Waals surface area contributed by atoms with Crippen LogP contribution in [0.3, 0.4) is 0 Å². The van der Waals surface area contributed by atoms with Gasteiger partial charge in [0.1, 0.15) is 0 Å². The lowest BCUT2D eigenvalue weighted by molar-refractivity contribution is 0.169. The summed E-state index contributed by atoms with van der Waals surface area (Å²) in [4.78, 5) is 6.72. The fourth-order valence-electron chi connectivity index (χ4n) is 2.02. The Balaban J connectivity index is 2.04. The van der Waals surface area contributed by atoms with E-state index in [0.717, 1.165) is 24.7 Å². The van der Waals surface area contributed by atoms with E-state index in [0.29, 0.717) is 6.42 Å². The Morgan fingerprint density at radius 2 is 2.18 bits per heavy atom. The fraction of sp³-hybridized carbons (Fsp3) is 0.643. The van der Waals surface area contributed by atoms with Crippen molar-refractivity contribution in [3.05, 3.63) is 24.0 Å². The van der Waals surface area contributed by atoms with Crippen LogP contribution in [0.25, 0.3) is 0 Å². The highest BCUT2D eigenvalue weighted by Gasteiger charge is 2.24. The molecule has 1 aromatic rings. The molecule has 1 atom stereocenters. The molecule has 94 valence electrons. The van der Waals surface area contributed by atoms with Crippen LogP contribution >= 0.6 is 0 Å². The van der Waals surface area contributed by atoms with Crippen LogP contribution in [0.5, 0.6) is 0 Å². The molecule has 17 heavy (non-hydrogen) atoms. The Labute approximate surface area is 103 Å². The van der Waals surface area contributed by atoms with Gasteiger partial charge in [0.2, 0.25) is 0 Å². The lowest BCUT2D eigenvalue weighted by atomic mass is 10.2. The molecule has 1 aliphatic rings. The van der Waals surface area contributed by atoms with Gasteiger partial charge in [0.05, 0.1) is 23.7 Å². The maximum Gasteiger partial charge on any atom is 0.0957 e. The molecular formula is C14H22N2O. The summed E-state index contributed by atoms with van der Waals surface area (Å²) < 4.78 is 0. The lowest BCUT2D eigenvalue weighted by Crippen LogP contribution is -2.25. The third-order valence-corrected chi connectivity index (χ3v) is 3.42. The molecule has 0 spiro atoms. The van der Waals surface area contributed by atoms with E-state index in [4.69, 9.17) is 0 Å². The molecule has 0 unspecified atom stereocenters. The minimum absolute atomic E-state index is 0.428. The number of pyridine rings is 1. The third-order valence-electron chi connectivity index (χ3n) is 3.42. The monoisotopic (exact) mass is 234 g/mol. The summed E-state index contributed by atoms with van der Waals surface area (Å²) in [7, 11) is 0. The highest BCUT2D eigenvalue weighted by atomic mass is 16.3. The van der Waals surface area contributed by atoms with Crippen molar-refractivity contribution in [2.75, 3.05) is 18.0 Å². The van der Waals surface area contributed by atoms with E-state index in [9.17, 15) is 5.11 Å². The topological polar surface area (TPSA) is 36.4 Å². The Bertz CT molecular complexity index is 346. The first kappa shape index (κ1) is 12.4. The average Bonchev–Trinajstić information content (AvgIpc) is 3.19. The van der Waals surface area contributed by atoms with E-state index in [-0.39, 0.29) is 0 Å². The standard InChI is InChI=1S/C14H22N2O/c1-3-14(17)13-8-7-12(9-15-13)16(4-2)10-11-5-6-11/h7-9,11,14,17H,3-6,10H2,1-2H3/t14-/m1/s1. The van der Waals surface area contributed by atoms with Gasteiger partial charge in [0.15, 0.2) is 0 Å². The van der Waals surface area contributed by atoms with Gasteiger partial charge in [-0.3, -0.25) is 4.98 Å². The molecular weight excluding hydrogens is 212 g/mol. The van der Waals surface area contributed by atoms with Crippen LogP contribution in [0.15, 0.2) is 18.3 Å². The number of aliphatic hydroxyl groups is 1. The minimum Gasteiger partial charge on any atom is -0.387 e. The quantitative estimate of drug-likeness (QED) is 0.822. The van der Waals surface area contributed by atoms with Crippen molar-refractivity contribution in [1.29, 1.82) is 0 Å². The summed E-state index contributed by atoms with van der Waals surface area (Å²) in [5.41, 5.74) is 1.95. The Hall–Kier alpha value is -1.09. The maximum absolute atomic E-state index is 9.70. The molecule has 1 N–H and O–H groups in total. The number of hydrogen-bond donors (Lipinski definition) is 1. The smallest absolute Gasteiger partial charge is 0.0957 e. The molecule has 1 aromatic heterocycles. The molecule has 0 saturated heterocycles. The van der Waals surface area contributed by atoms with Crippen molar-refractivity contribution in [2.24, 2.45) is 5.92 Å². The molecule has 1 aliphatic carbocycles. The van der Waals surface area contributed by atoms with Gasteiger partial charge < -0.3 is 10.0 Å². The summed E-state index contributed by atoms with van der Waals surface area (Å²) in [5.74, 6) is 0.885. The largest absolute Gasteiger partial charge is 0.387 e. The molecule has 3 heteroatoms. The first-order valence-electron chi connectivity index (χ1n) is 6.63. The second kappa shape index (κ2) is 5.50. The first-order chi connectivity index (χ1) is 8.24.